The summed E-state index contributed by atoms with van der Waals surface area (Å²) < 4.78 is 0. The minimum Gasteiger partial charge on any atom is -0.331 e. The summed E-state index contributed by atoms with van der Waals surface area (Å²) >= 11 is 0. The number of hydrogen-bond acceptors (Lipinski definition) is 3. The van der Waals surface area contributed by atoms with E-state index in [0.717, 1.165) is 0 Å². The van der Waals surface area contributed by atoms with E-state index in [-0.39, 0.29) is 17.5 Å². The van der Waals surface area contributed by atoms with Gasteiger partial charge in [0, 0.05) is 18.9 Å². The lowest BCUT2D eigenvalue weighted by atomic mass is 9.86. The molecule has 0 aliphatic carbocycles. The monoisotopic (exact) mass is 302 g/mol. The van der Waals surface area contributed by atoms with Gasteiger partial charge in [-0.2, -0.15) is 0 Å². The lowest BCUT2D eigenvalue weighted by molar-refractivity contribution is 0.212. The number of nitrogens with one attached hydrogen (secondary N) is 1. The summed E-state index contributed by atoms with van der Waals surface area (Å²) in [5.74, 6) is 3.84. The van der Waals surface area contributed by atoms with Crippen molar-refractivity contribution in [3.05, 3.63) is 18.5 Å². The summed E-state index contributed by atoms with van der Waals surface area (Å²) in [5, 5.41) is 3.01. The summed E-state index contributed by atoms with van der Waals surface area (Å²) in [6.45, 7) is 11.2. The average molecular weight is 302 g/mol. The Kier molecular flexibility index (Phi) is 4.05. The van der Waals surface area contributed by atoms with Crippen LogP contribution in [-0.2, 0) is 0 Å². The van der Waals surface area contributed by atoms with Gasteiger partial charge in [-0.05, 0) is 19.9 Å². The molecule has 5 nitrogen and oxygen atoms in total. The van der Waals surface area contributed by atoms with Crippen LogP contribution in [0.4, 0.5) is 10.7 Å². The van der Waals surface area contributed by atoms with E-state index in [1.54, 1.807) is 23.4 Å². The minimum absolute atomic E-state index is 0.0470. The van der Waals surface area contributed by atoms with Crippen LogP contribution in [0.2, 0.25) is 19.6 Å². The molecule has 0 saturated carbocycles. The van der Waals surface area contributed by atoms with Gasteiger partial charge in [-0.15, -0.1) is 11.5 Å². The molecule has 1 fully saturated rings. The molecule has 0 bridgehead atoms. The smallest absolute Gasteiger partial charge is 0.324 e. The normalized spacial score (nSPS) is 21.3. The Morgan fingerprint density at radius 2 is 1.95 bits per heavy atom. The molecule has 2 heterocycles. The third kappa shape index (κ3) is 3.82. The molecule has 1 aliphatic heterocycles. The molecular formula is C15H22N4OSi. The SMILES string of the molecule is CC1(C)NC(=O)N(c2ncccn2)CC1C#C[Si](C)(C)C. The molecular weight excluding hydrogens is 280 g/mol. The van der Waals surface area contributed by atoms with E-state index in [1.807, 2.05) is 13.8 Å². The van der Waals surface area contributed by atoms with Gasteiger partial charge >= 0.3 is 6.03 Å². The maximum absolute atomic E-state index is 12.3. The first-order valence-corrected chi connectivity index (χ1v) is 10.6. The lowest BCUT2D eigenvalue weighted by Crippen LogP contribution is -2.62. The fourth-order valence-electron chi connectivity index (χ4n) is 2.06. The van der Waals surface area contributed by atoms with Crippen molar-refractivity contribution in [2.24, 2.45) is 5.92 Å². The molecule has 21 heavy (non-hydrogen) atoms. The second-order valence-electron chi connectivity index (χ2n) is 6.88. The van der Waals surface area contributed by atoms with E-state index in [9.17, 15) is 4.79 Å². The number of urea groups is 1. The highest BCUT2D eigenvalue weighted by Crippen LogP contribution is 2.25. The van der Waals surface area contributed by atoms with Crippen LogP contribution < -0.4 is 10.2 Å². The maximum atomic E-state index is 12.3. The van der Waals surface area contributed by atoms with Crippen LogP contribution in [0, 0.1) is 17.4 Å². The van der Waals surface area contributed by atoms with Crippen molar-refractivity contribution in [2.75, 3.05) is 11.4 Å². The van der Waals surface area contributed by atoms with E-state index in [1.165, 1.54) is 0 Å². The van der Waals surface area contributed by atoms with E-state index < -0.39 is 8.07 Å². The molecule has 1 saturated heterocycles. The molecule has 112 valence electrons. The van der Waals surface area contributed by atoms with Crippen molar-refractivity contribution < 1.29 is 4.79 Å². The molecule has 1 unspecified atom stereocenters. The van der Waals surface area contributed by atoms with Gasteiger partial charge in [0.15, 0.2) is 0 Å². The van der Waals surface area contributed by atoms with Crippen LogP contribution in [-0.4, -0.2) is 36.2 Å². The number of anilines is 1. The van der Waals surface area contributed by atoms with Crippen molar-refractivity contribution in [1.29, 1.82) is 0 Å². The predicted octanol–water partition coefficient (Wildman–Crippen LogP) is 2.28. The topological polar surface area (TPSA) is 58.1 Å². The standard InChI is InChI=1S/C15H22N4OSi/c1-15(2)12(7-10-21(3,4)5)11-19(14(20)18-15)13-16-8-6-9-17-13/h6,8-9,12H,11H2,1-5H3,(H,18,20). The molecule has 1 aromatic heterocycles. The maximum Gasteiger partial charge on any atom is 0.324 e. The predicted molar refractivity (Wildman–Crippen MR) is 86.6 cm³/mol. The van der Waals surface area contributed by atoms with Crippen molar-refractivity contribution in [1.82, 2.24) is 15.3 Å². The molecule has 2 amide bonds. The Hall–Kier alpha value is -1.87. The third-order valence-electron chi connectivity index (χ3n) is 3.33. The highest BCUT2D eigenvalue weighted by atomic mass is 28.3. The zero-order valence-electron chi connectivity index (χ0n) is 13.3. The van der Waals surface area contributed by atoms with E-state index in [2.05, 4.69) is 46.4 Å². The van der Waals surface area contributed by atoms with Gasteiger partial charge in [0.1, 0.15) is 8.07 Å². The number of aromatic nitrogens is 2. The van der Waals surface area contributed by atoms with Gasteiger partial charge in [0.25, 0.3) is 0 Å². The first-order valence-electron chi connectivity index (χ1n) is 7.08. The summed E-state index contributed by atoms with van der Waals surface area (Å²) in [5.41, 5.74) is 3.05. The van der Waals surface area contributed by atoms with Crippen LogP contribution >= 0.6 is 0 Å². The summed E-state index contributed by atoms with van der Waals surface area (Å²) in [6, 6.07) is 1.56. The fourth-order valence-corrected chi connectivity index (χ4v) is 2.66. The van der Waals surface area contributed by atoms with Crippen molar-refractivity contribution >= 4 is 20.1 Å². The minimum atomic E-state index is -1.45. The molecule has 1 aromatic rings. The Labute approximate surface area is 127 Å². The number of hydrogen-bond donors (Lipinski definition) is 1. The quantitative estimate of drug-likeness (QED) is 0.639. The molecule has 0 spiro atoms. The largest absolute Gasteiger partial charge is 0.331 e. The molecule has 0 aromatic carbocycles. The Balaban J connectivity index is 2.28. The Bertz CT molecular complexity index is 583. The van der Waals surface area contributed by atoms with Gasteiger partial charge < -0.3 is 5.32 Å². The second kappa shape index (κ2) is 5.49. The average Bonchev–Trinajstić information content (AvgIpc) is 2.36. The van der Waals surface area contributed by atoms with Crippen LogP contribution in [0.3, 0.4) is 0 Å². The number of rotatable bonds is 1. The van der Waals surface area contributed by atoms with Gasteiger partial charge in [0.05, 0.1) is 11.5 Å². The number of amides is 2. The number of carbonyl (C=O) groups excluding carboxylic acids is 1. The molecule has 1 N–H and O–H groups in total. The summed E-state index contributed by atoms with van der Waals surface area (Å²) in [7, 11) is -1.45. The van der Waals surface area contributed by atoms with E-state index >= 15 is 0 Å². The van der Waals surface area contributed by atoms with Gasteiger partial charge in [-0.1, -0.05) is 19.6 Å². The zero-order chi connectivity index (χ0) is 15.7. The summed E-state index contributed by atoms with van der Waals surface area (Å²) in [4.78, 5) is 22.1. The van der Waals surface area contributed by atoms with Crippen molar-refractivity contribution in [2.45, 2.75) is 39.0 Å². The molecule has 2 rings (SSSR count). The van der Waals surface area contributed by atoms with Crippen LogP contribution in [0.25, 0.3) is 0 Å². The molecule has 6 heteroatoms. The van der Waals surface area contributed by atoms with E-state index in [0.29, 0.717) is 12.5 Å². The number of carbonyl (C=O) groups is 1. The van der Waals surface area contributed by atoms with Gasteiger partial charge in [0.2, 0.25) is 5.95 Å². The summed E-state index contributed by atoms with van der Waals surface area (Å²) in [6.07, 6.45) is 3.27. The molecule has 1 aliphatic rings. The fraction of sp³-hybridized carbons (Fsp3) is 0.533. The lowest BCUT2D eigenvalue weighted by Gasteiger charge is -2.41. The number of nitrogens with zero attached hydrogens (tertiary/aromatic N) is 3. The zero-order valence-corrected chi connectivity index (χ0v) is 14.3. The first kappa shape index (κ1) is 15.5. The highest BCUT2D eigenvalue weighted by molar-refractivity contribution is 6.83. The highest BCUT2D eigenvalue weighted by Gasteiger charge is 2.40. The first-order chi connectivity index (χ1) is 9.69. The molecule has 1 atom stereocenters. The Morgan fingerprint density at radius 1 is 1.33 bits per heavy atom. The van der Waals surface area contributed by atoms with Crippen LogP contribution in [0.15, 0.2) is 18.5 Å². The van der Waals surface area contributed by atoms with Crippen LogP contribution in [0.1, 0.15) is 13.8 Å². The second-order valence-corrected chi connectivity index (χ2v) is 11.6. The van der Waals surface area contributed by atoms with E-state index in [4.69, 9.17) is 0 Å². The van der Waals surface area contributed by atoms with Crippen LogP contribution in [0.5, 0.6) is 0 Å². The molecule has 0 radical (unpaired) electrons. The van der Waals surface area contributed by atoms with Crippen molar-refractivity contribution in [3.8, 4) is 11.5 Å². The Morgan fingerprint density at radius 3 is 2.52 bits per heavy atom. The van der Waals surface area contributed by atoms with Crippen molar-refractivity contribution in [3.63, 3.8) is 0 Å². The third-order valence-corrected chi connectivity index (χ3v) is 4.22. The van der Waals surface area contributed by atoms with Gasteiger partial charge in [-0.3, -0.25) is 4.90 Å². The van der Waals surface area contributed by atoms with Gasteiger partial charge in [-0.25, -0.2) is 14.8 Å².